The maximum atomic E-state index is 11.9. The summed E-state index contributed by atoms with van der Waals surface area (Å²) in [5.41, 5.74) is 0. The Morgan fingerprint density at radius 2 is 2.32 bits per heavy atom. The molecule has 0 unspecified atom stereocenters. The summed E-state index contributed by atoms with van der Waals surface area (Å²) in [4.78, 5) is 16.2. The first-order chi connectivity index (χ1) is 10.6. The first-order valence-corrected chi connectivity index (χ1v) is 7.54. The van der Waals surface area contributed by atoms with Crippen molar-refractivity contribution in [2.45, 2.75) is 45.1 Å². The number of hydrogen-bond acceptors (Lipinski definition) is 5. The van der Waals surface area contributed by atoms with Crippen LogP contribution in [0.2, 0.25) is 0 Å². The zero-order valence-corrected chi connectivity index (χ0v) is 12.7. The van der Waals surface area contributed by atoms with Crippen LogP contribution in [0.4, 0.5) is 10.6 Å². The van der Waals surface area contributed by atoms with Gasteiger partial charge in [-0.05, 0) is 26.7 Å². The largest absolute Gasteiger partial charge is 0.339 e. The summed E-state index contributed by atoms with van der Waals surface area (Å²) in [6.45, 7) is 4.44. The molecule has 0 saturated heterocycles. The van der Waals surface area contributed by atoms with Crippen molar-refractivity contribution in [3.63, 3.8) is 0 Å². The Kier molecular flexibility index (Phi) is 4.08. The quantitative estimate of drug-likeness (QED) is 0.851. The summed E-state index contributed by atoms with van der Waals surface area (Å²) < 4.78 is 6.91. The lowest BCUT2D eigenvalue weighted by Crippen LogP contribution is -2.31. The van der Waals surface area contributed by atoms with E-state index in [1.807, 2.05) is 13.8 Å². The molecule has 2 heterocycles. The normalized spacial score (nSPS) is 14.3. The second-order valence-electron chi connectivity index (χ2n) is 5.71. The Morgan fingerprint density at radius 3 is 3.05 bits per heavy atom. The van der Waals surface area contributed by atoms with Gasteiger partial charge in [-0.15, -0.1) is 0 Å². The van der Waals surface area contributed by atoms with Crippen LogP contribution in [0.5, 0.6) is 0 Å². The Labute approximate surface area is 128 Å². The first kappa shape index (κ1) is 14.6. The fraction of sp³-hybridized carbons (Fsp3) is 0.571. The third-order valence-corrected chi connectivity index (χ3v) is 3.45. The van der Waals surface area contributed by atoms with Crippen molar-refractivity contribution in [2.24, 2.45) is 0 Å². The van der Waals surface area contributed by atoms with Gasteiger partial charge in [0.2, 0.25) is 5.89 Å². The molecular formula is C14H20N6O2. The highest BCUT2D eigenvalue weighted by Gasteiger charge is 2.28. The summed E-state index contributed by atoms with van der Waals surface area (Å²) in [5.74, 6) is 2.50. The van der Waals surface area contributed by atoms with Crippen LogP contribution in [0.15, 0.2) is 16.8 Å². The SMILES string of the molecule is CC(C)n1nccc1NC(=O)NCCc1nc(C2CC2)no1. The van der Waals surface area contributed by atoms with Gasteiger partial charge in [0.25, 0.3) is 0 Å². The highest BCUT2D eigenvalue weighted by atomic mass is 16.5. The monoisotopic (exact) mass is 304 g/mol. The third-order valence-electron chi connectivity index (χ3n) is 3.45. The molecule has 118 valence electrons. The molecule has 2 N–H and O–H groups in total. The molecule has 1 saturated carbocycles. The summed E-state index contributed by atoms with van der Waals surface area (Å²) in [6.07, 6.45) is 4.47. The van der Waals surface area contributed by atoms with Crippen molar-refractivity contribution in [3.8, 4) is 0 Å². The van der Waals surface area contributed by atoms with Crippen LogP contribution in [0, 0.1) is 0 Å². The molecule has 0 spiro atoms. The maximum absolute atomic E-state index is 11.9. The van der Waals surface area contributed by atoms with E-state index in [4.69, 9.17) is 4.52 Å². The van der Waals surface area contributed by atoms with E-state index in [0.717, 1.165) is 18.7 Å². The summed E-state index contributed by atoms with van der Waals surface area (Å²) >= 11 is 0. The molecule has 2 aromatic rings. The van der Waals surface area contributed by atoms with E-state index in [1.54, 1.807) is 16.9 Å². The number of urea groups is 1. The molecule has 2 amide bonds. The average Bonchev–Trinajstić information content (AvgIpc) is 3.04. The molecule has 1 aliphatic rings. The van der Waals surface area contributed by atoms with Crippen molar-refractivity contribution in [2.75, 3.05) is 11.9 Å². The Bertz CT molecular complexity index is 643. The summed E-state index contributed by atoms with van der Waals surface area (Å²) in [6, 6.07) is 1.67. The molecule has 1 fully saturated rings. The van der Waals surface area contributed by atoms with E-state index in [1.165, 1.54) is 0 Å². The molecule has 8 heteroatoms. The zero-order chi connectivity index (χ0) is 15.5. The van der Waals surface area contributed by atoms with Crippen LogP contribution in [0.3, 0.4) is 0 Å². The predicted octanol–water partition coefficient (Wildman–Crippen LogP) is 2.09. The fourth-order valence-corrected chi connectivity index (χ4v) is 2.15. The van der Waals surface area contributed by atoms with Crippen LogP contribution in [-0.2, 0) is 6.42 Å². The molecule has 22 heavy (non-hydrogen) atoms. The smallest absolute Gasteiger partial charge is 0.320 e. The first-order valence-electron chi connectivity index (χ1n) is 7.54. The topological polar surface area (TPSA) is 97.9 Å². The predicted molar refractivity (Wildman–Crippen MR) is 79.6 cm³/mol. The number of aromatic nitrogens is 4. The van der Waals surface area contributed by atoms with Gasteiger partial charge >= 0.3 is 6.03 Å². The molecule has 2 aromatic heterocycles. The lowest BCUT2D eigenvalue weighted by atomic mass is 10.4. The van der Waals surface area contributed by atoms with Crippen LogP contribution in [0.1, 0.15) is 50.4 Å². The molecule has 0 radical (unpaired) electrons. The van der Waals surface area contributed by atoms with Gasteiger partial charge in [-0.1, -0.05) is 5.16 Å². The number of anilines is 1. The standard InChI is InChI=1S/C14H20N6O2/c1-9(2)20-11(5-8-16-20)17-14(21)15-7-6-12-18-13(19-22-12)10-3-4-10/h5,8-10H,3-4,6-7H2,1-2H3,(H2,15,17,21). The molecule has 3 rings (SSSR count). The zero-order valence-electron chi connectivity index (χ0n) is 12.7. The second-order valence-corrected chi connectivity index (χ2v) is 5.71. The van der Waals surface area contributed by atoms with E-state index in [0.29, 0.717) is 30.6 Å². The average molecular weight is 304 g/mol. The van der Waals surface area contributed by atoms with Crippen molar-refractivity contribution in [1.29, 1.82) is 0 Å². The van der Waals surface area contributed by atoms with E-state index in [2.05, 4.69) is 25.9 Å². The number of carbonyl (C=O) groups is 1. The molecule has 8 nitrogen and oxygen atoms in total. The number of amides is 2. The lowest BCUT2D eigenvalue weighted by Gasteiger charge is -2.12. The van der Waals surface area contributed by atoms with Crippen LogP contribution >= 0.6 is 0 Å². The van der Waals surface area contributed by atoms with Crippen molar-refractivity contribution in [3.05, 3.63) is 24.0 Å². The molecule has 0 aliphatic heterocycles. The maximum Gasteiger partial charge on any atom is 0.320 e. The van der Waals surface area contributed by atoms with Crippen molar-refractivity contribution in [1.82, 2.24) is 25.2 Å². The fourth-order valence-electron chi connectivity index (χ4n) is 2.15. The lowest BCUT2D eigenvalue weighted by molar-refractivity contribution is 0.251. The minimum atomic E-state index is -0.274. The number of rotatable bonds is 6. The third kappa shape index (κ3) is 3.44. The van der Waals surface area contributed by atoms with Gasteiger partial charge in [0.05, 0.1) is 6.20 Å². The molecular weight excluding hydrogens is 284 g/mol. The number of nitrogens with one attached hydrogen (secondary N) is 2. The van der Waals surface area contributed by atoms with Crippen LogP contribution < -0.4 is 10.6 Å². The van der Waals surface area contributed by atoms with Gasteiger partial charge in [-0.2, -0.15) is 10.1 Å². The Morgan fingerprint density at radius 1 is 1.50 bits per heavy atom. The van der Waals surface area contributed by atoms with Gasteiger partial charge in [0, 0.05) is 31.0 Å². The number of nitrogens with zero attached hydrogens (tertiary/aromatic N) is 4. The number of carbonyl (C=O) groups excluding carboxylic acids is 1. The highest BCUT2D eigenvalue weighted by molar-refractivity contribution is 5.88. The van der Waals surface area contributed by atoms with Crippen molar-refractivity contribution >= 4 is 11.8 Å². The molecule has 0 bridgehead atoms. The highest BCUT2D eigenvalue weighted by Crippen LogP contribution is 2.38. The summed E-state index contributed by atoms with van der Waals surface area (Å²) in [5, 5.41) is 13.7. The minimum absolute atomic E-state index is 0.185. The van der Waals surface area contributed by atoms with Gasteiger partial charge in [-0.3, -0.25) is 5.32 Å². The van der Waals surface area contributed by atoms with Gasteiger partial charge in [0.15, 0.2) is 5.82 Å². The van der Waals surface area contributed by atoms with E-state index in [-0.39, 0.29) is 12.1 Å². The molecule has 0 aromatic carbocycles. The second kappa shape index (κ2) is 6.17. The van der Waals surface area contributed by atoms with Gasteiger partial charge < -0.3 is 9.84 Å². The Balaban J connectivity index is 1.44. The number of hydrogen-bond donors (Lipinski definition) is 2. The van der Waals surface area contributed by atoms with E-state index < -0.39 is 0 Å². The summed E-state index contributed by atoms with van der Waals surface area (Å²) in [7, 11) is 0. The van der Waals surface area contributed by atoms with Crippen molar-refractivity contribution < 1.29 is 9.32 Å². The molecule has 1 aliphatic carbocycles. The van der Waals surface area contributed by atoms with Crippen LogP contribution in [0.25, 0.3) is 0 Å². The Hall–Kier alpha value is -2.38. The minimum Gasteiger partial charge on any atom is -0.339 e. The van der Waals surface area contributed by atoms with E-state index >= 15 is 0 Å². The van der Waals surface area contributed by atoms with Crippen LogP contribution in [-0.4, -0.2) is 32.5 Å². The van der Waals surface area contributed by atoms with E-state index in [9.17, 15) is 4.79 Å². The molecule has 0 atom stereocenters. The van der Waals surface area contributed by atoms with Gasteiger partial charge in [-0.25, -0.2) is 9.48 Å². The van der Waals surface area contributed by atoms with Gasteiger partial charge in [0.1, 0.15) is 5.82 Å².